The second-order valence-corrected chi connectivity index (χ2v) is 1.45. The average molecular weight is 101 g/mol. The van der Waals surface area contributed by atoms with Crippen LogP contribution in [0.25, 0.3) is 0 Å². The van der Waals surface area contributed by atoms with Gasteiger partial charge in [-0.1, -0.05) is 6.58 Å². The van der Waals surface area contributed by atoms with Crippen LogP contribution in [0.3, 0.4) is 0 Å². The van der Waals surface area contributed by atoms with Crippen molar-refractivity contribution in [3.8, 4) is 0 Å². The average Bonchev–Trinajstić information content (AvgIpc) is 1.65. The number of nitrogens with two attached hydrogens (primary N) is 1. The van der Waals surface area contributed by atoms with Crippen molar-refractivity contribution in [1.29, 1.82) is 0 Å². The minimum Gasteiger partial charge on any atom is -0.400 e. The third kappa shape index (κ3) is 2.23. The predicted octanol–water partition coefficient (Wildman–Crippen LogP) is 0.494. The van der Waals surface area contributed by atoms with Crippen LogP contribution in [0.4, 0.5) is 0 Å². The van der Waals surface area contributed by atoms with Crippen LogP contribution < -0.4 is 5.73 Å². The molecule has 0 saturated carbocycles. The van der Waals surface area contributed by atoms with Crippen molar-refractivity contribution in [2.24, 2.45) is 5.73 Å². The van der Waals surface area contributed by atoms with Gasteiger partial charge in [-0.15, -0.1) is 0 Å². The van der Waals surface area contributed by atoms with Gasteiger partial charge in [0.25, 0.3) is 0 Å². The van der Waals surface area contributed by atoms with Crippen molar-refractivity contribution in [2.45, 2.75) is 13.0 Å². The summed E-state index contributed by atoms with van der Waals surface area (Å²) in [6.45, 7) is 5.33. The van der Waals surface area contributed by atoms with Gasteiger partial charge in [-0.3, -0.25) is 0 Å². The lowest BCUT2D eigenvalue weighted by molar-refractivity contribution is 0.146. The molecule has 0 rings (SSSR count). The van der Waals surface area contributed by atoms with E-state index in [0.717, 1.165) is 0 Å². The number of rotatable bonds is 2. The molecule has 2 heteroatoms. The zero-order valence-electron chi connectivity index (χ0n) is 4.77. The fourth-order valence-corrected chi connectivity index (χ4v) is 0.151. The summed E-state index contributed by atoms with van der Waals surface area (Å²) in [5, 5.41) is 0. The molecular formula is C5H11NO. The molecule has 0 fully saturated rings. The van der Waals surface area contributed by atoms with Crippen LogP contribution in [-0.4, -0.2) is 13.2 Å². The van der Waals surface area contributed by atoms with E-state index in [-0.39, 0.29) is 6.10 Å². The Morgan fingerprint density at radius 1 is 1.86 bits per heavy atom. The van der Waals surface area contributed by atoms with Gasteiger partial charge >= 0.3 is 0 Å². The second kappa shape index (κ2) is 2.64. The highest BCUT2D eigenvalue weighted by Gasteiger charge is 1.95. The van der Waals surface area contributed by atoms with Crippen LogP contribution >= 0.6 is 0 Å². The highest BCUT2D eigenvalue weighted by molar-refractivity contribution is 4.92. The van der Waals surface area contributed by atoms with Gasteiger partial charge in [-0.2, -0.15) is 0 Å². The van der Waals surface area contributed by atoms with E-state index in [9.17, 15) is 0 Å². The van der Waals surface area contributed by atoms with Gasteiger partial charge in [0.1, 0.15) is 0 Å². The van der Waals surface area contributed by atoms with Gasteiger partial charge < -0.3 is 10.5 Å². The van der Waals surface area contributed by atoms with Crippen LogP contribution in [0, 0.1) is 0 Å². The van der Waals surface area contributed by atoms with Crippen molar-refractivity contribution >= 4 is 0 Å². The lowest BCUT2D eigenvalue weighted by Crippen LogP contribution is -2.14. The Morgan fingerprint density at radius 2 is 2.29 bits per heavy atom. The van der Waals surface area contributed by atoms with Crippen molar-refractivity contribution in [1.82, 2.24) is 0 Å². The number of ether oxygens (including phenoxy) is 1. The van der Waals surface area contributed by atoms with Crippen LogP contribution in [0.1, 0.15) is 6.92 Å². The Bertz CT molecular complexity index is 70.5. The molecule has 0 radical (unpaired) electrons. The van der Waals surface area contributed by atoms with Crippen molar-refractivity contribution in [3.63, 3.8) is 0 Å². The summed E-state index contributed by atoms with van der Waals surface area (Å²) in [7, 11) is 1.60. The van der Waals surface area contributed by atoms with Gasteiger partial charge in [-0.25, -0.2) is 0 Å². The molecule has 0 aliphatic carbocycles. The summed E-state index contributed by atoms with van der Waals surface area (Å²) >= 11 is 0. The molecule has 1 unspecified atom stereocenters. The van der Waals surface area contributed by atoms with Crippen molar-refractivity contribution in [2.75, 3.05) is 7.11 Å². The Hall–Kier alpha value is -0.500. The smallest absolute Gasteiger partial charge is 0.0929 e. The Kier molecular flexibility index (Phi) is 2.45. The van der Waals surface area contributed by atoms with E-state index in [0.29, 0.717) is 5.70 Å². The Labute approximate surface area is 44.0 Å². The standard InChI is InChI=1S/C5H11NO/c1-4(6)5(2)7-3/h5H,1,6H2,2-3H3. The summed E-state index contributed by atoms with van der Waals surface area (Å²) in [5.74, 6) is 0. The van der Waals surface area contributed by atoms with E-state index in [1.807, 2.05) is 6.92 Å². The maximum atomic E-state index is 5.23. The van der Waals surface area contributed by atoms with E-state index < -0.39 is 0 Å². The molecule has 0 aromatic rings. The van der Waals surface area contributed by atoms with Crippen LogP contribution in [0.2, 0.25) is 0 Å². The van der Waals surface area contributed by atoms with Crippen LogP contribution in [-0.2, 0) is 4.74 Å². The predicted molar refractivity (Wildman–Crippen MR) is 29.8 cm³/mol. The quantitative estimate of drug-likeness (QED) is 0.549. The highest BCUT2D eigenvalue weighted by Crippen LogP contribution is 1.91. The molecule has 42 valence electrons. The summed E-state index contributed by atoms with van der Waals surface area (Å²) < 4.78 is 4.79. The maximum Gasteiger partial charge on any atom is 0.0929 e. The first-order valence-corrected chi connectivity index (χ1v) is 2.15. The molecule has 0 saturated heterocycles. The molecule has 0 aromatic carbocycles. The number of methoxy groups -OCH3 is 1. The molecule has 2 N–H and O–H groups in total. The first kappa shape index (κ1) is 6.50. The molecule has 1 atom stereocenters. The third-order valence-corrected chi connectivity index (χ3v) is 0.876. The molecule has 0 amide bonds. The van der Waals surface area contributed by atoms with Crippen molar-refractivity contribution in [3.05, 3.63) is 12.3 Å². The molecule has 2 nitrogen and oxygen atoms in total. The first-order chi connectivity index (χ1) is 3.18. The lowest BCUT2D eigenvalue weighted by Gasteiger charge is -2.05. The molecule has 0 aliphatic rings. The minimum absolute atomic E-state index is 0.0139. The maximum absolute atomic E-state index is 5.23. The zero-order valence-corrected chi connectivity index (χ0v) is 4.77. The molecule has 0 aromatic heterocycles. The summed E-state index contributed by atoms with van der Waals surface area (Å²) in [5.41, 5.74) is 5.80. The SMILES string of the molecule is C=C(N)C(C)OC. The van der Waals surface area contributed by atoms with Gasteiger partial charge in [0.15, 0.2) is 0 Å². The van der Waals surface area contributed by atoms with Gasteiger partial charge in [0.05, 0.1) is 6.10 Å². The molecular weight excluding hydrogens is 90.1 g/mol. The van der Waals surface area contributed by atoms with E-state index in [1.165, 1.54) is 0 Å². The third-order valence-electron chi connectivity index (χ3n) is 0.876. The van der Waals surface area contributed by atoms with Gasteiger partial charge in [0, 0.05) is 12.8 Å². The lowest BCUT2D eigenvalue weighted by atomic mass is 10.3. The zero-order chi connectivity index (χ0) is 5.86. The monoisotopic (exact) mass is 101 g/mol. The Morgan fingerprint density at radius 3 is 2.29 bits per heavy atom. The van der Waals surface area contributed by atoms with Crippen LogP contribution in [0.5, 0.6) is 0 Å². The summed E-state index contributed by atoms with van der Waals surface area (Å²) in [4.78, 5) is 0. The first-order valence-electron chi connectivity index (χ1n) is 2.15. The van der Waals surface area contributed by atoms with Crippen molar-refractivity contribution < 1.29 is 4.74 Å². The normalized spacial score (nSPS) is 13.4. The fourth-order valence-electron chi connectivity index (χ4n) is 0.151. The van der Waals surface area contributed by atoms with Gasteiger partial charge in [-0.05, 0) is 6.92 Å². The fraction of sp³-hybridized carbons (Fsp3) is 0.600. The minimum atomic E-state index is -0.0139. The number of hydrogen-bond acceptors (Lipinski definition) is 2. The van der Waals surface area contributed by atoms with E-state index >= 15 is 0 Å². The highest BCUT2D eigenvalue weighted by atomic mass is 16.5. The molecule has 0 heterocycles. The summed E-state index contributed by atoms with van der Waals surface area (Å²) in [6, 6.07) is 0. The van der Waals surface area contributed by atoms with E-state index in [1.54, 1.807) is 7.11 Å². The molecule has 0 aliphatic heterocycles. The van der Waals surface area contributed by atoms with E-state index in [4.69, 9.17) is 10.5 Å². The largest absolute Gasteiger partial charge is 0.400 e. The molecule has 0 spiro atoms. The molecule has 7 heavy (non-hydrogen) atoms. The number of hydrogen-bond donors (Lipinski definition) is 1. The topological polar surface area (TPSA) is 35.2 Å². The van der Waals surface area contributed by atoms with Crippen LogP contribution in [0.15, 0.2) is 12.3 Å². The molecule has 0 bridgehead atoms. The van der Waals surface area contributed by atoms with E-state index in [2.05, 4.69) is 6.58 Å². The Balaban J connectivity index is 3.34. The second-order valence-electron chi connectivity index (χ2n) is 1.45. The van der Waals surface area contributed by atoms with Gasteiger partial charge in [0.2, 0.25) is 0 Å². The summed E-state index contributed by atoms with van der Waals surface area (Å²) in [6.07, 6.45) is -0.0139.